The topological polar surface area (TPSA) is 336 Å². The summed E-state index contributed by atoms with van der Waals surface area (Å²) in [5.41, 5.74) is 0. The molecule has 21 heteroatoms. The maximum absolute atomic E-state index is 12.0. The number of amides is 1. The maximum Gasteiger partial charge on any atom is 0.217 e. The van der Waals surface area contributed by atoms with Gasteiger partial charge < -0.3 is 99.8 Å². The van der Waals surface area contributed by atoms with Crippen LogP contribution in [0.3, 0.4) is 0 Å². The molecule has 13 N–H and O–H groups in total. The Morgan fingerprint density at radius 1 is 0.553 bits per heavy atom. The summed E-state index contributed by atoms with van der Waals surface area (Å²) in [6.07, 6.45) is -33.2. The van der Waals surface area contributed by atoms with Gasteiger partial charge in [-0.25, -0.2) is 0 Å². The molecular formula is C26H45NO20. The molecule has 4 rings (SSSR count). The number of hydrogen-bond acceptors (Lipinski definition) is 20. The van der Waals surface area contributed by atoms with Crippen LogP contribution in [0.15, 0.2) is 0 Å². The van der Waals surface area contributed by atoms with Crippen molar-refractivity contribution < 1.29 is 99.2 Å². The largest absolute Gasteiger partial charge is 0.394 e. The minimum atomic E-state index is -1.98. The van der Waals surface area contributed by atoms with E-state index < -0.39 is 148 Å². The number of carbonyl (C=O) groups excluding carboxylic acids is 1. The van der Waals surface area contributed by atoms with Gasteiger partial charge in [0.1, 0.15) is 91.5 Å². The van der Waals surface area contributed by atoms with E-state index in [1.165, 1.54) is 6.92 Å². The predicted molar refractivity (Wildman–Crippen MR) is 144 cm³/mol. The highest BCUT2D eigenvalue weighted by molar-refractivity contribution is 5.73. The van der Waals surface area contributed by atoms with Crippen molar-refractivity contribution in [2.45, 2.75) is 137 Å². The molecule has 4 aliphatic heterocycles. The van der Waals surface area contributed by atoms with Crippen molar-refractivity contribution in [1.29, 1.82) is 0 Å². The van der Waals surface area contributed by atoms with Gasteiger partial charge >= 0.3 is 0 Å². The Kier molecular flexibility index (Phi) is 13.2. The molecule has 4 aliphatic rings. The third-order valence-corrected chi connectivity index (χ3v) is 8.57. The number of ether oxygens (including phenoxy) is 7. The van der Waals surface area contributed by atoms with Crippen molar-refractivity contribution >= 4 is 5.91 Å². The highest BCUT2D eigenvalue weighted by Crippen LogP contribution is 2.35. The third-order valence-electron chi connectivity index (χ3n) is 8.57. The van der Waals surface area contributed by atoms with Crippen LogP contribution in [0.1, 0.15) is 13.8 Å². The van der Waals surface area contributed by atoms with E-state index in [0.29, 0.717) is 0 Å². The van der Waals surface area contributed by atoms with Crippen LogP contribution in [0.2, 0.25) is 0 Å². The van der Waals surface area contributed by atoms with Crippen LogP contribution < -0.4 is 5.32 Å². The van der Waals surface area contributed by atoms with Crippen LogP contribution in [0.25, 0.3) is 0 Å². The van der Waals surface area contributed by atoms with Crippen molar-refractivity contribution in [3.8, 4) is 0 Å². The van der Waals surface area contributed by atoms with Crippen LogP contribution in [0.4, 0.5) is 0 Å². The first-order valence-corrected chi connectivity index (χ1v) is 15.0. The van der Waals surface area contributed by atoms with E-state index in [4.69, 9.17) is 33.2 Å². The fraction of sp³-hybridized carbons (Fsp3) is 0.962. The van der Waals surface area contributed by atoms with E-state index in [1.54, 1.807) is 0 Å². The fourth-order valence-electron chi connectivity index (χ4n) is 5.86. The first kappa shape index (κ1) is 38.5. The van der Waals surface area contributed by atoms with Crippen LogP contribution in [0, 0.1) is 0 Å². The molecule has 0 aromatic heterocycles. The first-order chi connectivity index (χ1) is 22.1. The monoisotopic (exact) mass is 691 g/mol. The minimum Gasteiger partial charge on any atom is -0.394 e. The number of hydrogen-bond donors (Lipinski definition) is 13. The molecule has 0 radical (unpaired) electrons. The summed E-state index contributed by atoms with van der Waals surface area (Å²) in [5.74, 6) is -0.713. The molecule has 4 heterocycles. The summed E-state index contributed by atoms with van der Waals surface area (Å²) >= 11 is 0. The van der Waals surface area contributed by atoms with Gasteiger partial charge in [-0.05, 0) is 6.92 Å². The van der Waals surface area contributed by atoms with Crippen molar-refractivity contribution in [2.24, 2.45) is 0 Å². The van der Waals surface area contributed by atoms with Crippen molar-refractivity contribution in [3.63, 3.8) is 0 Å². The molecule has 0 unspecified atom stereocenters. The Morgan fingerprint density at radius 3 is 1.66 bits per heavy atom. The molecule has 0 aromatic carbocycles. The third kappa shape index (κ3) is 8.04. The molecule has 0 spiro atoms. The lowest BCUT2D eigenvalue weighted by Gasteiger charge is -2.50. The quantitative estimate of drug-likeness (QED) is 0.101. The second-order valence-corrected chi connectivity index (χ2v) is 11.9. The summed E-state index contributed by atoms with van der Waals surface area (Å²) in [5, 5.41) is 127. The number of aliphatic hydroxyl groups is 12. The molecule has 4 saturated heterocycles. The number of nitrogens with one attached hydrogen (secondary N) is 1. The zero-order valence-electron chi connectivity index (χ0n) is 25.3. The van der Waals surface area contributed by atoms with E-state index in [2.05, 4.69) is 5.32 Å². The van der Waals surface area contributed by atoms with Gasteiger partial charge in [-0.15, -0.1) is 0 Å². The van der Waals surface area contributed by atoms with Gasteiger partial charge in [-0.1, -0.05) is 0 Å². The van der Waals surface area contributed by atoms with E-state index in [1.807, 2.05) is 0 Å². The molecule has 4 fully saturated rings. The Bertz CT molecular complexity index is 1010. The molecular weight excluding hydrogens is 646 g/mol. The molecule has 1 amide bonds. The second kappa shape index (κ2) is 16.2. The smallest absolute Gasteiger partial charge is 0.217 e. The minimum absolute atomic E-state index is 0.713. The standard InChI is InChI=1S/C26H45NO20/c1-6-12(32)17(37)18(38)25(41-6)47-22-21(46-24-11(27-7(2)31)16(36)13(33)8(3-28)43-24)15(35)10(5-30)44-26(22)45-20-14(34)9(4-29)42-23(40)19(20)39/h6,8-26,28-30,32-40H,3-5H2,1-2H3,(H,27,31)/t6-,8+,9+,10+,11+,12+,13-,14-,15-,16+,17+,18-,19+,20-,21-,22+,23+,24+,25-,26+/m0/s1. The average molecular weight is 692 g/mol. The summed E-state index contributed by atoms with van der Waals surface area (Å²) in [6.45, 7) is -0.159. The Hall–Kier alpha value is -1.29. The molecule has 47 heavy (non-hydrogen) atoms. The summed E-state index contributed by atoms with van der Waals surface area (Å²) in [6, 6.07) is -1.54. The van der Waals surface area contributed by atoms with E-state index in [9.17, 15) is 66.1 Å². The van der Waals surface area contributed by atoms with Crippen LogP contribution in [-0.4, -0.2) is 210 Å². The zero-order chi connectivity index (χ0) is 34.9. The lowest BCUT2D eigenvalue weighted by Crippen LogP contribution is -2.69. The summed E-state index contributed by atoms with van der Waals surface area (Å²) in [4.78, 5) is 12.0. The zero-order valence-corrected chi connectivity index (χ0v) is 25.3. The molecule has 274 valence electrons. The van der Waals surface area contributed by atoms with Gasteiger partial charge in [0.2, 0.25) is 5.91 Å². The van der Waals surface area contributed by atoms with Gasteiger partial charge in [0.05, 0.1) is 25.9 Å². The number of aliphatic hydroxyl groups excluding tert-OH is 12. The van der Waals surface area contributed by atoms with Crippen LogP contribution in [0.5, 0.6) is 0 Å². The SMILES string of the molecule is CC(=O)N[C@H]1[C@@H](O[C@H]2[C@@H](O)[C@@H](CO)O[C@H](O[C@@H]3[C@@H](O)[C@H](O)O[C@H](CO)[C@@H]3O)[C@@H]2O[C@@H]2O[C@@H](C)[C@@H](O)[C@@H](O)[C@@H]2O)O[C@H](CO)[C@H](O)[C@@H]1O. The van der Waals surface area contributed by atoms with Gasteiger partial charge in [0.15, 0.2) is 25.2 Å². The van der Waals surface area contributed by atoms with E-state index in [0.717, 1.165) is 6.92 Å². The predicted octanol–water partition coefficient (Wildman–Crippen LogP) is -8.58. The number of rotatable bonds is 10. The normalized spacial score (nSPS) is 51.0. The van der Waals surface area contributed by atoms with Gasteiger partial charge in [-0.2, -0.15) is 0 Å². The average Bonchev–Trinajstić information content (AvgIpc) is 3.04. The van der Waals surface area contributed by atoms with Crippen LogP contribution >= 0.6 is 0 Å². The van der Waals surface area contributed by atoms with Crippen LogP contribution in [-0.2, 0) is 38.0 Å². The highest BCUT2D eigenvalue weighted by Gasteiger charge is 2.56. The van der Waals surface area contributed by atoms with E-state index >= 15 is 0 Å². The van der Waals surface area contributed by atoms with Gasteiger partial charge in [0.25, 0.3) is 0 Å². The molecule has 0 aliphatic carbocycles. The molecule has 20 atom stereocenters. The highest BCUT2D eigenvalue weighted by atomic mass is 16.8. The Labute approximate surface area is 267 Å². The molecule has 0 bridgehead atoms. The van der Waals surface area contributed by atoms with Crippen molar-refractivity contribution in [3.05, 3.63) is 0 Å². The molecule has 0 saturated carbocycles. The Balaban J connectivity index is 1.73. The second-order valence-electron chi connectivity index (χ2n) is 11.9. The fourth-order valence-corrected chi connectivity index (χ4v) is 5.86. The summed E-state index contributed by atoms with van der Waals surface area (Å²) < 4.78 is 39.5. The van der Waals surface area contributed by atoms with Crippen molar-refractivity contribution in [2.75, 3.05) is 19.8 Å². The van der Waals surface area contributed by atoms with Crippen molar-refractivity contribution in [1.82, 2.24) is 5.32 Å². The summed E-state index contributed by atoms with van der Waals surface area (Å²) in [7, 11) is 0. The lowest BCUT2D eigenvalue weighted by molar-refractivity contribution is -0.400. The van der Waals surface area contributed by atoms with E-state index in [-0.39, 0.29) is 0 Å². The Morgan fingerprint density at radius 2 is 1.06 bits per heavy atom. The molecule has 0 aromatic rings. The van der Waals surface area contributed by atoms with Gasteiger partial charge in [-0.3, -0.25) is 4.79 Å². The number of carbonyl (C=O) groups is 1. The molecule has 21 nitrogen and oxygen atoms in total. The van der Waals surface area contributed by atoms with Gasteiger partial charge in [0, 0.05) is 6.92 Å². The maximum atomic E-state index is 12.0. The first-order valence-electron chi connectivity index (χ1n) is 15.0. The lowest BCUT2D eigenvalue weighted by atomic mass is 9.94.